The Kier molecular flexibility index (Phi) is 4.93. The van der Waals surface area contributed by atoms with Crippen molar-refractivity contribution < 1.29 is 0 Å². The van der Waals surface area contributed by atoms with Crippen LogP contribution in [0.5, 0.6) is 0 Å². The van der Waals surface area contributed by atoms with Crippen molar-refractivity contribution in [2.24, 2.45) is 7.05 Å². The minimum absolute atomic E-state index is 0.496. The van der Waals surface area contributed by atoms with Crippen molar-refractivity contribution in [3.63, 3.8) is 0 Å². The molecule has 1 atom stereocenters. The third-order valence-corrected chi connectivity index (χ3v) is 3.49. The summed E-state index contributed by atoms with van der Waals surface area (Å²) in [6, 6.07) is 0.496. The molecule has 0 aliphatic heterocycles. The van der Waals surface area contributed by atoms with Crippen molar-refractivity contribution in [2.45, 2.75) is 51.5 Å². The summed E-state index contributed by atoms with van der Waals surface area (Å²) in [7, 11) is 1.92. The molecule has 0 spiro atoms. The highest BCUT2D eigenvalue weighted by Gasteiger charge is 2.14. The van der Waals surface area contributed by atoms with E-state index in [0.29, 0.717) is 6.04 Å². The van der Waals surface area contributed by atoms with Crippen LogP contribution in [0.3, 0.4) is 0 Å². The standard InChI is InChI=1S/C14H24N4/c1-3-15-13(9-12-7-5-4-6-8-12)10-14-11-18(2)17-16-14/h7,11,13,15H,3-6,8-10H2,1-2H3. The maximum Gasteiger partial charge on any atom is 0.0842 e. The van der Waals surface area contributed by atoms with Gasteiger partial charge in [0.25, 0.3) is 0 Å². The lowest BCUT2D eigenvalue weighted by atomic mass is 9.93. The topological polar surface area (TPSA) is 42.7 Å². The number of rotatable bonds is 6. The molecule has 100 valence electrons. The molecule has 4 heteroatoms. The third kappa shape index (κ3) is 3.95. The summed E-state index contributed by atoms with van der Waals surface area (Å²) in [5.74, 6) is 0. The maximum atomic E-state index is 4.18. The second kappa shape index (κ2) is 6.69. The first-order valence-corrected chi connectivity index (χ1v) is 7.04. The molecule has 1 aliphatic rings. The number of allylic oxidation sites excluding steroid dienone is 1. The van der Waals surface area contributed by atoms with Crippen LogP contribution in [0.25, 0.3) is 0 Å². The summed E-state index contributed by atoms with van der Waals surface area (Å²) in [5.41, 5.74) is 2.70. The largest absolute Gasteiger partial charge is 0.314 e. The van der Waals surface area contributed by atoms with E-state index >= 15 is 0 Å². The van der Waals surface area contributed by atoms with E-state index in [9.17, 15) is 0 Å². The van der Waals surface area contributed by atoms with Gasteiger partial charge in [0.1, 0.15) is 0 Å². The molecule has 0 fully saturated rings. The highest BCUT2D eigenvalue weighted by Crippen LogP contribution is 2.22. The fourth-order valence-electron chi connectivity index (χ4n) is 2.65. The third-order valence-electron chi connectivity index (χ3n) is 3.49. The maximum absolute atomic E-state index is 4.18. The van der Waals surface area contributed by atoms with Crippen molar-refractivity contribution in [2.75, 3.05) is 6.54 Å². The van der Waals surface area contributed by atoms with Gasteiger partial charge in [-0.1, -0.05) is 23.8 Å². The van der Waals surface area contributed by atoms with E-state index in [1.807, 2.05) is 13.2 Å². The van der Waals surface area contributed by atoms with Gasteiger partial charge in [-0.15, -0.1) is 5.10 Å². The van der Waals surface area contributed by atoms with Crippen molar-refractivity contribution in [3.8, 4) is 0 Å². The van der Waals surface area contributed by atoms with Gasteiger partial charge >= 0.3 is 0 Å². The van der Waals surface area contributed by atoms with E-state index in [1.165, 1.54) is 25.7 Å². The molecule has 18 heavy (non-hydrogen) atoms. The zero-order valence-electron chi connectivity index (χ0n) is 11.5. The van der Waals surface area contributed by atoms with Gasteiger partial charge in [-0.3, -0.25) is 4.68 Å². The second-order valence-corrected chi connectivity index (χ2v) is 5.15. The Labute approximate surface area is 109 Å². The lowest BCUT2D eigenvalue weighted by Crippen LogP contribution is -2.31. The number of aryl methyl sites for hydroxylation is 1. The quantitative estimate of drug-likeness (QED) is 0.785. The molecule has 0 aromatic carbocycles. The van der Waals surface area contributed by atoms with Gasteiger partial charge < -0.3 is 5.32 Å². The van der Waals surface area contributed by atoms with E-state index < -0.39 is 0 Å². The Morgan fingerprint density at radius 2 is 2.28 bits per heavy atom. The number of likely N-dealkylation sites (N-methyl/N-ethyl adjacent to an activating group) is 1. The van der Waals surface area contributed by atoms with Gasteiger partial charge in [0, 0.05) is 25.7 Å². The van der Waals surface area contributed by atoms with Crippen molar-refractivity contribution in [1.82, 2.24) is 20.3 Å². The summed E-state index contributed by atoms with van der Waals surface area (Å²) in [6.07, 6.45) is 11.8. The predicted molar refractivity (Wildman–Crippen MR) is 73.3 cm³/mol. The van der Waals surface area contributed by atoms with E-state index in [2.05, 4.69) is 28.6 Å². The number of aromatic nitrogens is 3. The summed E-state index contributed by atoms with van der Waals surface area (Å²) >= 11 is 0. The van der Waals surface area contributed by atoms with Gasteiger partial charge in [-0.2, -0.15) is 0 Å². The average Bonchev–Trinajstić information content (AvgIpc) is 2.76. The van der Waals surface area contributed by atoms with Crippen molar-refractivity contribution >= 4 is 0 Å². The molecule has 0 bridgehead atoms. The summed E-state index contributed by atoms with van der Waals surface area (Å²) in [4.78, 5) is 0. The van der Waals surface area contributed by atoms with Crippen LogP contribution in [0.4, 0.5) is 0 Å². The molecule has 2 rings (SSSR count). The van der Waals surface area contributed by atoms with Gasteiger partial charge in [0.2, 0.25) is 0 Å². The Balaban J connectivity index is 1.92. The normalized spacial score (nSPS) is 17.6. The average molecular weight is 248 g/mol. The van der Waals surface area contributed by atoms with E-state index in [4.69, 9.17) is 0 Å². The van der Waals surface area contributed by atoms with Crippen LogP contribution >= 0.6 is 0 Å². The zero-order chi connectivity index (χ0) is 12.8. The Morgan fingerprint density at radius 3 is 2.89 bits per heavy atom. The number of hydrogen-bond donors (Lipinski definition) is 1. The Hall–Kier alpha value is -1.16. The van der Waals surface area contributed by atoms with Crippen molar-refractivity contribution in [1.29, 1.82) is 0 Å². The van der Waals surface area contributed by atoms with E-state index in [0.717, 1.165) is 25.1 Å². The van der Waals surface area contributed by atoms with Gasteiger partial charge in [0.05, 0.1) is 5.69 Å². The van der Waals surface area contributed by atoms with Crippen LogP contribution in [-0.2, 0) is 13.5 Å². The molecule has 1 aromatic heterocycles. The van der Waals surface area contributed by atoms with Crippen molar-refractivity contribution in [3.05, 3.63) is 23.5 Å². The molecule has 1 aliphatic carbocycles. The molecule has 0 saturated heterocycles. The first kappa shape index (κ1) is 13.3. The minimum Gasteiger partial charge on any atom is -0.314 e. The number of hydrogen-bond acceptors (Lipinski definition) is 3. The molecular formula is C14H24N4. The van der Waals surface area contributed by atoms with Gasteiger partial charge in [-0.05, 0) is 38.6 Å². The monoisotopic (exact) mass is 248 g/mol. The molecule has 0 saturated carbocycles. The van der Waals surface area contributed by atoms with E-state index in [1.54, 1.807) is 10.3 Å². The first-order chi connectivity index (χ1) is 8.78. The molecule has 0 radical (unpaired) electrons. The fourth-order valence-corrected chi connectivity index (χ4v) is 2.65. The van der Waals surface area contributed by atoms with Crippen LogP contribution < -0.4 is 5.32 Å². The Bertz CT molecular complexity index is 394. The van der Waals surface area contributed by atoms with Gasteiger partial charge in [-0.25, -0.2) is 0 Å². The van der Waals surface area contributed by atoms with Crippen LogP contribution in [0.2, 0.25) is 0 Å². The van der Waals surface area contributed by atoms with Crippen LogP contribution in [0.15, 0.2) is 17.8 Å². The highest BCUT2D eigenvalue weighted by atomic mass is 15.4. The lowest BCUT2D eigenvalue weighted by Gasteiger charge is -2.20. The predicted octanol–water partition coefficient (Wildman–Crippen LogP) is 2.23. The zero-order valence-corrected chi connectivity index (χ0v) is 11.5. The lowest BCUT2D eigenvalue weighted by molar-refractivity contribution is 0.499. The molecule has 1 unspecified atom stereocenters. The number of nitrogens with one attached hydrogen (secondary N) is 1. The SMILES string of the molecule is CCNC(CC1=CCCCC1)Cc1cn(C)nn1. The summed E-state index contributed by atoms with van der Waals surface area (Å²) < 4.78 is 1.78. The summed E-state index contributed by atoms with van der Waals surface area (Å²) in [5, 5.41) is 11.8. The number of nitrogens with zero attached hydrogens (tertiary/aromatic N) is 3. The van der Waals surface area contributed by atoms with Crippen LogP contribution in [0.1, 0.15) is 44.7 Å². The first-order valence-electron chi connectivity index (χ1n) is 7.04. The molecule has 4 nitrogen and oxygen atoms in total. The summed E-state index contributed by atoms with van der Waals surface area (Å²) in [6.45, 7) is 3.18. The molecule has 1 aromatic rings. The minimum atomic E-state index is 0.496. The van der Waals surface area contributed by atoms with Crippen LogP contribution in [0, 0.1) is 0 Å². The van der Waals surface area contributed by atoms with E-state index in [-0.39, 0.29) is 0 Å². The molecule has 1 heterocycles. The molecule has 0 amide bonds. The van der Waals surface area contributed by atoms with Crippen LogP contribution in [-0.4, -0.2) is 27.6 Å². The highest BCUT2D eigenvalue weighted by molar-refractivity contribution is 5.09. The smallest absolute Gasteiger partial charge is 0.0842 e. The van der Waals surface area contributed by atoms with Gasteiger partial charge in [0.15, 0.2) is 0 Å². The Morgan fingerprint density at radius 1 is 1.39 bits per heavy atom. The molecular weight excluding hydrogens is 224 g/mol. The second-order valence-electron chi connectivity index (χ2n) is 5.15. The fraction of sp³-hybridized carbons (Fsp3) is 0.714. The molecule has 1 N–H and O–H groups in total.